The van der Waals surface area contributed by atoms with Crippen LogP contribution in [-0.2, 0) is 5.41 Å². The maximum Gasteiger partial charge on any atom is 0.258 e. The third-order valence-corrected chi connectivity index (χ3v) is 3.92. The summed E-state index contributed by atoms with van der Waals surface area (Å²) in [5, 5.41) is 0.326. The predicted octanol–water partition coefficient (Wildman–Crippen LogP) is 3.19. The number of carbonyl (C=O) groups is 1. The van der Waals surface area contributed by atoms with Crippen molar-refractivity contribution in [1.82, 2.24) is 0 Å². The molecule has 0 radical (unpaired) electrons. The average molecular weight is 316 g/mol. The normalized spacial score (nSPS) is 12.6. The Morgan fingerprint density at radius 2 is 1.78 bits per heavy atom. The molecular formula is C18H24N2O3. The van der Waals surface area contributed by atoms with Crippen molar-refractivity contribution in [3.63, 3.8) is 0 Å². The Morgan fingerprint density at radius 3 is 2.30 bits per heavy atom. The Balaban J connectivity index is 2.67. The van der Waals surface area contributed by atoms with Crippen LogP contribution >= 0.6 is 0 Å². The molecule has 1 aromatic heterocycles. The van der Waals surface area contributed by atoms with E-state index in [1.165, 1.54) is 0 Å². The zero-order valence-electron chi connectivity index (χ0n) is 14.3. The number of benzene rings is 1. The Morgan fingerprint density at radius 1 is 1.17 bits per heavy atom. The van der Waals surface area contributed by atoms with E-state index in [1.807, 2.05) is 6.07 Å². The number of hydrogen-bond donors (Lipinski definition) is 2. The van der Waals surface area contributed by atoms with Gasteiger partial charge in [-0.05, 0) is 34.9 Å². The van der Waals surface area contributed by atoms with Gasteiger partial charge in [0.15, 0.2) is 0 Å². The summed E-state index contributed by atoms with van der Waals surface area (Å²) < 4.78 is 5.38. The number of fused-ring (bicyclic) bond motifs is 1. The average Bonchev–Trinajstić information content (AvgIpc) is 2.34. The highest BCUT2D eigenvalue weighted by atomic mass is 16.3. The molecule has 0 unspecified atom stereocenters. The van der Waals surface area contributed by atoms with E-state index >= 15 is 0 Å². The minimum absolute atomic E-state index is 0.132. The highest BCUT2D eigenvalue weighted by Gasteiger charge is 2.28. The van der Waals surface area contributed by atoms with Crippen LogP contribution in [0, 0.1) is 5.41 Å². The number of hydrogen-bond acceptors (Lipinski definition) is 4. The number of rotatable bonds is 3. The van der Waals surface area contributed by atoms with Crippen LogP contribution in [0.1, 0.15) is 57.0 Å². The van der Waals surface area contributed by atoms with Gasteiger partial charge < -0.3 is 15.9 Å². The van der Waals surface area contributed by atoms with Crippen molar-refractivity contribution in [3.05, 3.63) is 39.5 Å². The maximum absolute atomic E-state index is 12.5. The van der Waals surface area contributed by atoms with Gasteiger partial charge in [-0.2, -0.15) is 0 Å². The van der Waals surface area contributed by atoms with Crippen molar-refractivity contribution in [1.29, 1.82) is 0 Å². The Bertz CT molecular complexity index is 827. The molecule has 0 fully saturated rings. The highest BCUT2D eigenvalue weighted by Crippen LogP contribution is 2.37. The van der Waals surface area contributed by atoms with Gasteiger partial charge in [0.2, 0.25) is 11.3 Å². The summed E-state index contributed by atoms with van der Waals surface area (Å²) in [4.78, 5) is 24.0. The summed E-state index contributed by atoms with van der Waals surface area (Å²) in [6, 6.07) is 5.43. The molecule has 23 heavy (non-hydrogen) atoms. The minimum Gasteiger partial charge on any atom is -0.440 e. The topological polar surface area (TPSA) is 99.3 Å². The highest BCUT2D eigenvalue weighted by molar-refractivity contribution is 5.99. The fraction of sp³-hybridized carbons (Fsp3) is 0.444. The first-order valence-electron chi connectivity index (χ1n) is 7.59. The van der Waals surface area contributed by atoms with E-state index in [0.717, 1.165) is 12.0 Å². The predicted molar refractivity (Wildman–Crippen MR) is 92.5 cm³/mol. The number of nitrogen functional groups attached to an aromatic ring is 1. The zero-order chi connectivity index (χ0) is 17.6. The third kappa shape index (κ3) is 3.38. The summed E-state index contributed by atoms with van der Waals surface area (Å²) in [5.74, 6) is -1.12. The smallest absolute Gasteiger partial charge is 0.258 e. The molecule has 0 aliphatic carbocycles. The van der Waals surface area contributed by atoms with Crippen LogP contribution in [0.5, 0.6) is 0 Å². The Kier molecular flexibility index (Phi) is 4.01. The van der Waals surface area contributed by atoms with Crippen molar-refractivity contribution in [2.45, 2.75) is 46.5 Å². The fourth-order valence-corrected chi connectivity index (χ4v) is 3.29. The molecule has 0 saturated carbocycles. The second kappa shape index (κ2) is 5.41. The van der Waals surface area contributed by atoms with Crippen molar-refractivity contribution < 1.29 is 9.21 Å². The molecular weight excluding hydrogens is 292 g/mol. The summed E-state index contributed by atoms with van der Waals surface area (Å²) in [7, 11) is 0. The monoisotopic (exact) mass is 316 g/mol. The Labute approximate surface area is 135 Å². The molecule has 0 bridgehead atoms. The lowest BCUT2D eigenvalue weighted by molar-refractivity contribution is 0.0999. The van der Waals surface area contributed by atoms with E-state index in [4.69, 9.17) is 15.9 Å². The molecule has 1 heterocycles. The molecule has 5 nitrogen and oxygen atoms in total. The van der Waals surface area contributed by atoms with Gasteiger partial charge in [0.1, 0.15) is 11.1 Å². The summed E-state index contributed by atoms with van der Waals surface area (Å²) in [5.41, 5.74) is 11.5. The Hall–Kier alpha value is -2.30. The van der Waals surface area contributed by atoms with Gasteiger partial charge in [-0.25, -0.2) is 0 Å². The third-order valence-electron chi connectivity index (χ3n) is 3.92. The molecule has 0 aliphatic rings. The molecule has 1 aromatic carbocycles. The molecule has 2 aromatic rings. The van der Waals surface area contributed by atoms with E-state index in [2.05, 4.69) is 34.6 Å². The lowest BCUT2D eigenvalue weighted by atomic mass is 9.72. The van der Waals surface area contributed by atoms with Crippen molar-refractivity contribution in [2.75, 3.05) is 5.73 Å². The first-order valence-corrected chi connectivity index (χ1v) is 7.59. The second-order valence-corrected chi connectivity index (χ2v) is 7.87. The summed E-state index contributed by atoms with van der Waals surface area (Å²) in [6.07, 6.45) is 0.939. The number of carbonyl (C=O) groups excluding carboxylic acids is 1. The molecule has 2 rings (SSSR count). The number of amides is 1. The number of primary amides is 1. The van der Waals surface area contributed by atoms with Crippen molar-refractivity contribution >= 4 is 22.8 Å². The van der Waals surface area contributed by atoms with Gasteiger partial charge in [0.05, 0.1) is 5.39 Å². The van der Waals surface area contributed by atoms with Gasteiger partial charge in [0, 0.05) is 0 Å². The molecule has 1 amide bonds. The molecule has 4 N–H and O–H groups in total. The van der Waals surface area contributed by atoms with Crippen LogP contribution < -0.4 is 16.9 Å². The lowest BCUT2D eigenvalue weighted by Gasteiger charge is -2.33. The van der Waals surface area contributed by atoms with Crippen LogP contribution in [0.25, 0.3) is 11.0 Å². The van der Waals surface area contributed by atoms with Crippen molar-refractivity contribution in [3.8, 4) is 0 Å². The summed E-state index contributed by atoms with van der Waals surface area (Å²) >= 11 is 0. The number of nitrogens with two attached hydrogens (primary N) is 2. The van der Waals surface area contributed by atoms with Crippen LogP contribution in [0.15, 0.2) is 27.4 Å². The molecule has 0 atom stereocenters. The van der Waals surface area contributed by atoms with Gasteiger partial charge in [0.25, 0.3) is 5.91 Å². The van der Waals surface area contributed by atoms with E-state index < -0.39 is 11.3 Å². The van der Waals surface area contributed by atoms with Gasteiger partial charge in [-0.3, -0.25) is 9.59 Å². The van der Waals surface area contributed by atoms with Crippen LogP contribution in [0.3, 0.4) is 0 Å². The van der Waals surface area contributed by atoms with Gasteiger partial charge in [-0.15, -0.1) is 0 Å². The molecule has 0 spiro atoms. The molecule has 0 saturated heterocycles. The standard InChI is InChI=1S/C18H24N2O3/c1-17(2,3)9-18(4,5)10-6-7-12-11(8-10)14(21)13(15(19)22)16(20)23-12/h6-8H,9,20H2,1-5H3,(H2,19,22). The largest absolute Gasteiger partial charge is 0.440 e. The summed E-state index contributed by atoms with van der Waals surface area (Å²) in [6.45, 7) is 10.8. The van der Waals surface area contributed by atoms with E-state index in [-0.39, 0.29) is 22.3 Å². The molecule has 0 aliphatic heterocycles. The van der Waals surface area contributed by atoms with Gasteiger partial charge >= 0.3 is 0 Å². The van der Waals surface area contributed by atoms with E-state index in [1.54, 1.807) is 12.1 Å². The fourth-order valence-electron chi connectivity index (χ4n) is 3.29. The molecule has 124 valence electrons. The first kappa shape index (κ1) is 17.1. The van der Waals surface area contributed by atoms with E-state index in [9.17, 15) is 9.59 Å². The first-order chi connectivity index (χ1) is 10.4. The zero-order valence-corrected chi connectivity index (χ0v) is 14.3. The maximum atomic E-state index is 12.5. The van der Waals surface area contributed by atoms with Crippen LogP contribution in [-0.4, -0.2) is 5.91 Å². The number of anilines is 1. The minimum atomic E-state index is -0.877. The second-order valence-electron chi connectivity index (χ2n) is 7.87. The SMILES string of the molecule is CC(C)(C)CC(C)(C)c1ccc2oc(N)c(C(N)=O)c(=O)c2c1. The van der Waals surface area contributed by atoms with Crippen LogP contribution in [0.4, 0.5) is 5.88 Å². The van der Waals surface area contributed by atoms with E-state index in [0.29, 0.717) is 11.0 Å². The molecule has 5 heteroatoms. The lowest BCUT2D eigenvalue weighted by Crippen LogP contribution is -2.26. The van der Waals surface area contributed by atoms with Crippen molar-refractivity contribution in [2.24, 2.45) is 11.1 Å². The van der Waals surface area contributed by atoms with Gasteiger partial charge in [-0.1, -0.05) is 40.7 Å². The quantitative estimate of drug-likeness (QED) is 0.908. The van der Waals surface area contributed by atoms with Crippen LogP contribution in [0.2, 0.25) is 0 Å².